The lowest BCUT2D eigenvalue weighted by atomic mass is 9.46. The molecule has 2 aliphatic carbocycles. The van der Waals surface area contributed by atoms with Gasteiger partial charge < -0.3 is 26.0 Å². The third-order valence-corrected chi connectivity index (χ3v) is 10.4. The van der Waals surface area contributed by atoms with E-state index in [0.717, 1.165) is 58.2 Å². The number of hydrogen-bond acceptors (Lipinski definition) is 5. The quantitative estimate of drug-likeness (QED) is 0.370. The van der Waals surface area contributed by atoms with E-state index in [4.69, 9.17) is 5.73 Å². The van der Waals surface area contributed by atoms with Crippen molar-refractivity contribution in [1.29, 1.82) is 0 Å². The first-order valence-electron chi connectivity index (χ1n) is 14.7. The molecule has 0 radical (unpaired) electrons. The molecule has 7 heteroatoms. The van der Waals surface area contributed by atoms with Gasteiger partial charge in [0.25, 0.3) is 0 Å². The minimum absolute atomic E-state index is 0.00885. The lowest BCUT2D eigenvalue weighted by molar-refractivity contribution is -0.148. The number of nitrogens with one attached hydrogen (secondary N) is 1. The first-order chi connectivity index (χ1) is 17.5. The summed E-state index contributed by atoms with van der Waals surface area (Å²) in [5.74, 6) is 0.826. The molecule has 2 saturated carbocycles. The summed E-state index contributed by atoms with van der Waals surface area (Å²) in [7, 11) is -1.42. The normalized spacial score (nSPS) is 32.5. The van der Waals surface area contributed by atoms with Gasteiger partial charge in [0.05, 0.1) is 0 Å². The largest absolute Gasteiger partial charge is 0.469 e. The van der Waals surface area contributed by atoms with Gasteiger partial charge in [-0.25, -0.2) is 0 Å². The Bertz CT molecular complexity index is 878. The molecule has 5 rings (SSSR count). The van der Waals surface area contributed by atoms with Gasteiger partial charge in [-0.3, -0.25) is 4.79 Å². The fraction of sp³-hybridized carbons (Fsp3) is 0.759. The van der Waals surface area contributed by atoms with Crippen molar-refractivity contribution in [2.45, 2.75) is 95.5 Å². The highest BCUT2D eigenvalue weighted by molar-refractivity contribution is 6.43. The number of carbonyl (C=O) groups excluding carboxylic acids is 1. The van der Waals surface area contributed by atoms with Crippen LogP contribution in [0.4, 0.5) is 0 Å². The molecule has 198 valence electrons. The Morgan fingerprint density at radius 2 is 1.78 bits per heavy atom. The number of carbonyl (C=O) groups is 1. The van der Waals surface area contributed by atoms with Gasteiger partial charge in [0.1, 0.15) is 0 Å². The van der Waals surface area contributed by atoms with Gasteiger partial charge in [-0.1, -0.05) is 56.4 Å². The van der Waals surface area contributed by atoms with Crippen LogP contribution in [0.3, 0.4) is 0 Å². The molecular formula is C29H46BN3O3. The predicted molar refractivity (Wildman–Crippen MR) is 144 cm³/mol. The second-order valence-electron chi connectivity index (χ2n) is 12.1. The monoisotopic (exact) mass is 495 g/mol. The summed E-state index contributed by atoms with van der Waals surface area (Å²) < 4.78 is 0. The zero-order valence-corrected chi connectivity index (χ0v) is 21.9. The number of benzene rings is 1. The fourth-order valence-corrected chi connectivity index (χ4v) is 8.64. The summed E-state index contributed by atoms with van der Waals surface area (Å²) in [5.41, 5.74) is 8.43. The number of hydrogen-bond donors (Lipinski definition) is 4. The van der Waals surface area contributed by atoms with Crippen LogP contribution >= 0.6 is 0 Å². The maximum Gasteiger partial charge on any atom is 0.469 e. The van der Waals surface area contributed by atoms with E-state index in [1.165, 1.54) is 49.7 Å². The van der Waals surface area contributed by atoms with E-state index < -0.39 is 13.1 Å². The zero-order valence-electron chi connectivity index (χ0n) is 21.9. The van der Waals surface area contributed by atoms with Crippen molar-refractivity contribution in [3.05, 3.63) is 35.4 Å². The number of fused-ring (bicyclic) bond motifs is 1. The first kappa shape index (κ1) is 26.2. The highest BCUT2D eigenvalue weighted by atomic mass is 16.4. The molecule has 4 unspecified atom stereocenters. The Morgan fingerprint density at radius 3 is 2.47 bits per heavy atom. The molecule has 36 heavy (non-hydrogen) atoms. The molecule has 2 aliphatic heterocycles. The third kappa shape index (κ3) is 5.14. The molecule has 6 nitrogen and oxygen atoms in total. The van der Waals surface area contributed by atoms with Gasteiger partial charge in [-0.2, -0.15) is 0 Å². The molecule has 2 heterocycles. The van der Waals surface area contributed by atoms with Crippen molar-refractivity contribution in [3.8, 4) is 0 Å². The molecule has 1 aromatic rings. The smallest absolute Gasteiger partial charge is 0.426 e. The van der Waals surface area contributed by atoms with E-state index in [9.17, 15) is 14.8 Å². The minimum Gasteiger partial charge on any atom is -0.426 e. The first-order valence-corrected chi connectivity index (χ1v) is 14.7. The summed E-state index contributed by atoms with van der Waals surface area (Å²) >= 11 is 0. The van der Waals surface area contributed by atoms with Crippen LogP contribution in [0.2, 0.25) is 0 Å². The molecule has 4 aliphatic rings. The van der Waals surface area contributed by atoms with Crippen molar-refractivity contribution in [1.82, 2.24) is 10.2 Å². The summed E-state index contributed by atoms with van der Waals surface area (Å²) in [6.45, 7) is 2.96. The third-order valence-electron chi connectivity index (χ3n) is 10.4. The molecule has 4 fully saturated rings. The summed E-state index contributed by atoms with van der Waals surface area (Å²) in [6, 6.07) is 8.60. The highest BCUT2D eigenvalue weighted by Gasteiger charge is 2.58. The SMILES string of the molecule is NCc1cccc(C2CCN(C(=O)C3CCCC4(C5CCCCCC5)CCNC(B(O)O)C34)CC2)c1. The summed E-state index contributed by atoms with van der Waals surface area (Å²) in [5, 5.41) is 24.4. The lowest BCUT2D eigenvalue weighted by Gasteiger charge is -2.58. The topological polar surface area (TPSA) is 98.8 Å². The standard InChI is InChI=1S/C29H46BN3O3/c31-20-21-7-5-8-23(19-21)22-12-17-33(18-13-22)28(34)25-11-6-14-29(24-9-3-1-2-4-10-24)15-16-32-27(26(25)29)30(35)36/h5,7-8,19,22,24-27,32,35-36H,1-4,6,9-18,20,31H2. The van der Waals surface area contributed by atoms with E-state index in [1.54, 1.807) is 0 Å². The number of likely N-dealkylation sites (tertiary alicyclic amines) is 1. The Balaban J connectivity index is 1.34. The van der Waals surface area contributed by atoms with E-state index in [-0.39, 0.29) is 23.2 Å². The van der Waals surface area contributed by atoms with Gasteiger partial charge in [0.2, 0.25) is 5.91 Å². The minimum atomic E-state index is -1.42. The lowest BCUT2D eigenvalue weighted by Crippen LogP contribution is -2.65. The fourth-order valence-electron chi connectivity index (χ4n) is 8.64. The van der Waals surface area contributed by atoms with Crippen LogP contribution in [0.25, 0.3) is 0 Å². The molecule has 1 aromatic carbocycles. The Kier molecular flexibility index (Phi) is 8.41. The Labute approximate surface area is 217 Å². The van der Waals surface area contributed by atoms with Crippen molar-refractivity contribution in [3.63, 3.8) is 0 Å². The Morgan fingerprint density at radius 1 is 1.03 bits per heavy atom. The summed E-state index contributed by atoms with van der Waals surface area (Å²) in [6.07, 6.45) is 13.8. The van der Waals surface area contributed by atoms with Crippen LogP contribution in [-0.2, 0) is 11.3 Å². The van der Waals surface area contributed by atoms with Gasteiger partial charge in [-0.15, -0.1) is 0 Å². The number of nitrogens with two attached hydrogens (primary N) is 1. The van der Waals surface area contributed by atoms with Crippen LogP contribution in [-0.4, -0.2) is 53.5 Å². The number of nitrogens with zero attached hydrogens (tertiary/aromatic N) is 1. The second-order valence-corrected chi connectivity index (χ2v) is 12.1. The van der Waals surface area contributed by atoms with Crippen molar-refractivity contribution in [2.75, 3.05) is 19.6 Å². The molecule has 0 spiro atoms. The number of rotatable bonds is 5. The molecule has 2 saturated heterocycles. The van der Waals surface area contributed by atoms with E-state index in [0.29, 0.717) is 18.4 Å². The highest BCUT2D eigenvalue weighted by Crippen LogP contribution is 2.58. The van der Waals surface area contributed by atoms with Crippen molar-refractivity contribution >= 4 is 13.0 Å². The van der Waals surface area contributed by atoms with Crippen molar-refractivity contribution < 1.29 is 14.8 Å². The van der Waals surface area contributed by atoms with Crippen LogP contribution in [0.5, 0.6) is 0 Å². The number of amides is 1. The molecular weight excluding hydrogens is 449 g/mol. The maximum absolute atomic E-state index is 14.1. The average molecular weight is 496 g/mol. The van der Waals surface area contributed by atoms with Gasteiger partial charge in [0, 0.05) is 31.5 Å². The number of piperidine rings is 2. The van der Waals surface area contributed by atoms with Crippen molar-refractivity contribution in [2.24, 2.45) is 28.9 Å². The molecule has 5 N–H and O–H groups in total. The average Bonchev–Trinajstić information content (AvgIpc) is 3.22. The maximum atomic E-state index is 14.1. The summed E-state index contributed by atoms with van der Waals surface area (Å²) in [4.78, 5) is 16.2. The molecule has 1 amide bonds. The van der Waals surface area contributed by atoms with Gasteiger partial charge >= 0.3 is 7.12 Å². The van der Waals surface area contributed by atoms with Crippen LogP contribution in [0, 0.1) is 23.2 Å². The molecule has 0 aromatic heterocycles. The zero-order chi connectivity index (χ0) is 25.1. The van der Waals surface area contributed by atoms with Crippen LogP contribution in [0.1, 0.15) is 94.1 Å². The van der Waals surface area contributed by atoms with Crippen LogP contribution in [0.15, 0.2) is 24.3 Å². The van der Waals surface area contributed by atoms with E-state index in [2.05, 4.69) is 34.5 Å². The van der Waals surface area contributed by atoms with Gasteiger partial charge in [0.15, 0.2) is 0 Å². The van der Waals surface area contributed by atoms with Gasteiger partial charge in [-0.05, 0) is 85.8 Å². The predicted octanol–water partition coefficient (Wildman–Crippen LogP) is 3.60. The molecule has 0 bridgehead atoms. The second kappa shape index (κ2) is 11.5. The van der Waals surface area contributed by atoms with Crippen LogP contribution < -0.4 is 11.1 Å². The van der Waals surface area contributed by atoms with E-state index >= 15 is 0 Å². The Hall–Kier alpha value is -1.41. The molecule has 4 atom stereocenters. The van der Waals surface area contributed by atoms with E-state index in [1.807, 2.05) is 0 Å².